The lowest BCUT2D eigenvalue weighted by Gasteiger charge is -2.41. The van der Waals surface area contributed by atoms with Gasteiger partial charge in [-0.25, -0.2) is 0 Å². The Morgan fingerprint density at radius 2 is 1.80 bits per heavy atom. The predicted octanol–water partition coefficient (Wildman–Crippen LogP) is 3.31. The Labute approximate surface area is 176 Å². The number of rotatable bonds is 4. The van der Waals surface area contributed by atoms with Crippen LogP contribution in [0.1, 0.15) is 47.6 Å². The summed E-state index contributed by atoms with van der Waals surface area (Å²) in [5, 5.41) is 14.2. The lowest BCUT2D eigenvalue weighted by Crippen LogP contribution is -2.49. The third-order valence-electron chi connectivity index (χ3n) is 6.58. The van der Waals surface area contributed by atoms with Crippen LogP contribution >= 0.6 is 0 Å². The number of benzene rings is 2. The van der Waals surface area contributed by atoms with Crippen molar-refractivity contribution in [3.8, 4) is 5.75 Å². The summed E-state index contributed by atoms with van der Waals surface area (Å²) >= 11 is 0. The van der Waals surface area contributed by atoms with Crippen molar-refractivity contribution in [1.82, 2.24) is 4.90 Å². The molecular weight excluding hydrogens is 378 g/mol. The number of nitrogens with one attached hydrogen (secondary N) is 1. The van der Waals surface area contributed by atoms with Crippen molar-refractivity contribution in [1.29, 1.82) is 0 Å². The van der Waals surface area contributed by atoms with Crippen LogP contribution < -0.4 is 10.2 Å². The number of aryl methyl sites for hydroxylation is 2. The van der Waals surface area contributed by atoms with Crippen molar-refractivity contribution >= 4 is 23.2 Å². The van der Waals surface area contributed by atoms with Gasteiger partial charge in [0.1, 0.15) is 11.8 Å². The number of phenols is 1. The Morgan fingerprint density at radius 3 is 2.47 bits per heavy atom. The van der Waals surface area contributed by atoms with Crippen LogP contribution in [0.5, 0.6) is 5.75 Å². The number of hydrogen-bond donors (Lipinski definition) is 2. The number of carbonyl (C=O) groups excluding carboxylic acids is 2. The zero-order chi connectivity index (χ0) is 20.8. The highest BCUT2D eigenvalue weighted by Crippen LogP contribution is 2.45. The number of carbonyl (C=O) groups is 2. The van der Waals surface area contributed by atoms with Crippen molar-refractivity contribution in [2.24, 2.45) is 0 Å². The summed E-state index contributed by atoms with van der Waals surface area (Å²) in [5.74, 6) is -0.145. The second kappa shape index (κ2) is 7.35. The molecule has 5 rings (SSSR count). The number of hydrogen-bond acceptors (Lipinski definition) is 4. The molecule has 2 aromatic rings. The molecule has 6 nitrogen and oxygen atoms in total. The number of nitrogens with zero attached hydrogens (tertiary/aromatic N) is 2. The smallest absolute Gasteiger partial charge is 0.251 e. The van der Waals surface area contributed by atoms with Crippen molar-refractivity contribution < 1.29 is 14.7 Å². The Hall–Kier alpha value is -3.02. The summed E-state index contributed by atoms with van der Waals surface area (Å²) < 4.78 is 0. The average Bonchev–Trinajstić information content (AvgIpc) is 2.75. The van der Waals surface area contributed by atoms with E-state index in [2.05, 4.69) is 10.2 Å². The van der Waals surface area contributed by atoms with E-state index in [-0.39, 0.29) is 17.6 Å². The van der Waals surface area contributed by atoms with E-state index in [9.17, 15) is 14.7 Å². The normalized spacial score (nSPS) is 18.5. The molecule has 0 aliphatic carbocycles. The van der Waals surface area contributed by atoms with Crippen LogP contribution in [-0.4, -0.2) is 41.5 Å². The molecule has 2 N–H and O–H groups in total. The van der Waals surface area contributed by atoms with Gasteiger partial charge in [0.15, 0.2) is 0 Å². The van der Waals surface area contributed by atoms with Crippen molar-refractivity contribution in [2.45, 2.75) is 45.1 Å². The molecule has 0 bridgehead atoms. The fraction of sp³-hybridized carbons (Fsp3) is 0.417. The van der Waals surface area contributed by atoms with Crippen molar-refractivity contribution in [3.05, 3.63) is 52.6 Å². The van der Waals surface area contributed by atoms with E-state index in [1.165, 1.54) is 5.56 Å². The molecule has 3 aliphatic rings. The van der Waals surface area contributed by atoms with Crippen molar-refractivity contribution in [3.63, 3.8) is 0 Å². The lowest BCUT2D eigenvalue weighted by molar-refractivity contribution is -0.147. The van der Waals surface area contributed by atoms with Gasteiger partial charge in [-0.1, -0.05) is 17.7 Å². The van der Waals surface area contributed by atoms with Crippen LogP contribution in [-0.2, 0) is 22.4 Å². The van der Waals surface area contributed by atoms with E-state index in [0.29, 0.717) is 24.2 Å². The fourth-order valence-electron chi connectivity index (χ4n) is 4.98. The standard InChI is InChI=1S/C24H27N3O3/c1-15-6-8-17(9-7-15)25-24(30)22(27-13-10-20(27)28)19-14-16-4-2-11-26-12-3-5-18(21(16)26)23(19)29/h6-9,14,22,29H,2-5,10-13H2,1H3,(H,25,30). The molecule has 3 aliphatic heterocycles. The highest BCUT2D eigenvalue weighted by molar-refractivity contribution is 5.99. The number of β-lactam (4-membered cyclic amide) rings is 1. The summed E-state index contributed by atoms with van der Waals surface area (Å²) in [6.45, 7) is 4.55. The van der Waals surface area contributed by atoms with Crippen molar-refractivity contribution in [2.75, 3.05) is 29.9 Å². The number of phenolic OH excluding ortho intramolecular Hbond substituents is 1. The summed E-state index contributed by atoms with van der Waals surface area (Å²) in [6, 6.07) is 8.75. The quantitative estimate of drug-likeness (QED) is 0.766. The third kappa shape index (κ3) is 3.11. The number of amides is 2. The van der Waals surface area contributed by atoms with Gasteiger partial charge in [-0.3, -0.25) is 9.59 Å². The van der Waals surface area contributed by atoms with Gasteiger partial charge in [-0.05, 0) is 56.4 Å². The molecule has 1 atom stereocenters. The van der Waals surface area contributed by atoms with E-state index >= 15 is 0 Å². The third-order valence-corrected chi connectivity index (χ3v) is 6.58. The summed E-state index contributed by atoms with van der Waals surface area (Å²) in [7, 11) is 0. The van der Waals surface area contributed by atoms with Crippen LogP contribution in [0.3, 0.4) is 0 Å². The SMILES string of the molecule is Cc1ccc(NC(=O)C(c2cc3c4c(c2O)CCCN4CCC3)N2CCC2=O)cc1. The molecule has 2 aromatic carbocycles. The van der Waals surface area contributed by atoms with Gasteiger partial charge in [-0.2, -0.15) is 0 Å². The van der Waals surface area contributed by atoms with E-state index in [1.54, 1.807) is 4.90 Å². The van der Waals surface area contributed by atoms with E-state index in [0.717, 1.165) is 55.6 Å². The molecule has 1 fully saturated rings. The monoisotopic (exact) mass is 405 g/mol. The maximum atomic E-state index is 13.3. The first-order chi connectivity index (χ1) is 14.5. The second-order valence-electron chi connectivity index (χ2n) is 8.59. The number of anilines is 2. The molecule has 0 saturated carbocycles. The largest absolute Gasteiger partial charge is 0.507 e. The minimum Gasteiger partial charge on any atom is -0.507 e. The lowest BCUT2D eigenvalue weighted by atomic mass is 9.86. The highest BCUT2D eigenvalue weighted by Gasteiger charge is 2.40. The predicted molar refractivity (Wildman–Crippen MR) is 116 cm³/mol. The molecule has 3 heterocycles. The van der Waals surface area contributed by atoms with Gasteiger partial charge >= 0.3 is 0 Å². The fourth-order valence-corrected chi connectivity index (χ4v) is 4.98. The van der Waals surface area contributed by atoms with Gasteiger partial charge in [-0.15, -0.1) is 0 Å². The van der Waals surface area contributed by atoms with Gasteiger partial charge in [0.05, 0.1) is 0 Å². The van der Waals surface area contributed by atoms with Crippen LogP contribution in [0.4, 0.5) is 11.4 Å². The minimum atomic E-state index is -0.814. The average molecular weight is 405 g/mol. The Balaban J connectivity index is 1.56. The number of likely N-dealkylation sites (tertiary alicyclic amines) is 1. The van der Waals surface area contributed by atoms with Crippen LogP contribution in [0, 0.1) is 6.92 Å². The van der Waals surface area contributed by atoms with Crippen LogP contribution in [0.25, 0.3) is 0 Å². The van der Waals surface area contributed by atoms with Crippen LogP contribution in [0.2, 0.25) is 0 Å². The summed E-state index contributed by atoms with van der Waals surface area (Å²) in [6.07, 6.45) is 4.25. The molecule has 0 spiro atoms. The maximum Gasteiger partial charge on any atom is 0.251 e. The van der Waals surface area contributed by atoms with Gasteiger partial charge < -0.3 is 20.2 Å². The first-order valence-corrected chi connectivity index (χ1v) is 10.8. The molecule has 1 saturated heterocycles. The summed E-state index contributed by atoms with van der Waals surface area (Å²) in [4.78, 5) is 29.6. The first kappa shape index (κ1) is 19.0. The molecular formula is C24H27N3O3. The maximum absolute atomic E-state index is 13.3. The zero-order valence-corrected chi connectivity index (χ0v) is 17.3. The first-order valence-electron chi connectivity index (χ1n) is 10.8. The van der Waals surface area contributed by atoms with Gasteiger partial charge in [0.25, 0.3) is 5.91 Å². The summed E-state index contributed by atoms with van der Waals surface area (Å²) in [5.41, 5.74) is 5.64. The molecule has 2 amide bonds. The zero-order valence-electron chi connectivity index (χ0n) is 17.3. The Kier molecular flexibility index (Phi) is 4.65. The van der Waals surface area contributed by atoms with E-state index in [4.69, 9.17) is 0 Å². The molecule has 0 aromatic heterocycles. The molecule has 6 heteroatoms. The van der Waals surface area contributed by atoms with E-state index in [1.807, 2.05) is 37.3 Å². The second-order valence-corrected chi connectivity index (χ2v) is 8.59. The molecule has 1 unspecified atom stereocenters. The highest BCUT2D eigenvalue weighted by atomic mass is 16.3. The van der Waals surface area contributed by atoms with Gasteiger partial charge in [0, 0.05) is 48.6 Å². The topological polar surface area (TPSA) is 72.9 Å². The Morgan fingerprint density at radius 1 is 1.07 bits per heavy atom. The molecule has 30 heavy (non-hydrogen) atoms. The molecule has 0 radical (unpaired) electrons. The van der Waals surface area contributed by atoms with Crippen LogP contribution in [0.15, 0.2) is 30.3 Å². The Bertz CT molecular complexity index is 1010. The number of aromatic hydroxyl groups is 1. The van der Waals surface area contributed by atoms with Gasteiger partial charge in [0.2, 0.25) is 5.91 Å². The minimum absolute atomic E-state index is 0.0496. The molecule has 156 valence electrons. The van der Waals surface area contributed by atoms with E-state index < -0.39 is 6.04 Å².